The molecule has 0 saturated heterocycles. The molecule has 0 amide bonds. The largest absolute Gasteiger partial charge is 0.327 e. The van der Waals surface area contributed by atoms with Gasteiger partial charge in [-0.05, 0) is 67.1 Å². The van der Waals surface area contributed by atoms with Crippen LogP contribution in [0.15, 0.2) is 18.2 Å². The van der Waals surface area contributed by atoms with E-state index in [-0.39, 0.29) is 6.04 Å². The van der Waals surface area contributed by atoms with Crippen molar-refractivity contribution in [2.75, 3.05) is 0 Å². The zero-order chi connectivity index (χ0) is 15.6. The molecule has 0 heterocycles. The second-order valence-electron chi connectivity index (χ2n) is 7.55. The third-order valence-corrected chi connectivity index (χ3v) is 5.81. The van der Waals surface area contributed by atoms with Crippen LogP contribution in [0.2, 0.25) is 10.0 Å². The van der Waals surface area contributed by atoms with Gasteiger partial charge in [-0.25, -0.2) is 0 Å². The number of halogens is 2. The van der Waals surface area contributed by atoms with Crippen LogP contribution in [0.25, 0.3) is 0 Å². The predicted octanol–water partition coefficient (Wildman–Crippen LogP) is 5.72. The number of nitrogens with two attached hydrogens (primary N) is 1. The summed E-state index contributed by atoms with van der Waals surface area (Å²) in [5.74, 6) is 1.42. The van der Waals surface area contributed by atoms with Gasteiger partial charge in [0.1, 0.15) is 0 Å². The molecular weight excluding hydrogens is 301 g/mol. The van der Waals surface area contributed by atoms with Gasteiger partial charge in [-0.15, -0.1) is 0 Å². The topological polar surface area (TPSA) is 26.0 Å². The minimum absolute atomic E-state index is 0.156. The molecule has 118 valence electrons. The van der Waals surface area contributed by atoms with Crippen LogP contribution in [0.1, 0.15) is 52.0 Å². The van der Waals surface area contributed by atoms with Crippen LogP contribution < -0.4 is 5.73 Å². The maximum atomic E-state index is 6.46. The van der Waals surface area contributed by atoms with Crippen LogP contribution in [0, 0.1) is 17.3 Å². The summed E-state index contributed by atoms with van der Waals surface area (Å²) in [6.07, 6.45) is 5.82. The molecule has 21 heavy (non-hydrogen) atoms. The monoisotopic (exact) mass is 327 g/mol. The summed E-state index contributed by atoms with van der Waals surface area (Å²) in [6, 6.07) is 5.83. The second-order valence-corrected chi connectivity index (χ2v) is 8.36. The molecule has 0 aromatic heterocycles. The van der Waals surface area contributed by atoms with E-state index in [0.29, 0.717) is 11.3 Å². The summed E-state index contributed by atoms with van der Waals surface area (Å²) in [5, 5.41) is 1.47. The van der Waals surface area contributed by atoms with Crippen molar-refractivity contribution < 1.29 is 0 Å². The van der Waals surface area contributed by atoms with Crippen LogP contribution in [0.5, 0.6) is 0 Å². The average Bonchev–Trinajstić information content (AvgIpc) is 2.42. The zero-order valence-electron chi connectivity index (χ0n) is 13.3. The summed E-state index contributed by atoms with van der Waals surface area (Å²) in [6.45, 7) is 7.05. The molecule has 0 aliphatic heterocycles. The first kappa shape index (κ1) is 17.1. The van der Waals surface area contributed by atoms with Gasteiger partial charge in [0.15, 0.2) is 0 Å². The van der Waals surface area contributed by atoms with Crippen molar-refractivity contribution in [2.45, 2.75) is 58.9 Å². The Balaban J connectivity index is 1.95. The fourth-order valence-corrected chi connectivity index (χ4v) is 4.09. The number of benzene rings is 1. The van der Waals surface area contributed by atoms with Crippen LogP contribution in [-0.4, -0.2) is 6.04 Å². The lowest BCUT2D eigenvalue weighted by atomic mass is 9.68. The fraction of sp³-hybridized carbons (Fsp3) is 0.667. The quantitative estimate of drug-likeness (QED) is 0.755. The van der Waals surface area contributed by atoms with E-state index in [1.165, 1.54) is 25.7 Å². The van der Waals surface area contributed by atoms with E-state index in [1.807, 2.05) is 18.2 Å². The molecule has 1 atom stereocenters. The third kappa shape index (κ3) is 4.37. The van der Waals surface area contributed by atoms with Crippen molar-refractivity contribution in [1.29, 1.82) is 0 Å². The Kier molecular flexibility index (Phi) is 5.62. The van der Waals surface area contributed by atoms with Gasteiger partial charge < -0.3 is 5.73 Å². The molecule has 1 aliphatic rings. The van der Waals surface area contributed by atoms with Gasteiger partial charge in [-0.2, -0.15) is 0 Å². The van der Waals surface area contributed by atoms with E-state index in [2.05, 4.69) is 20.8 Å². The highest BCUT2D eigenvalue weighted by atomic mass is 35.5. The molecule has 1 unspecified atom stereocenters. The Bertz CT molecular complexity index is 450. The first-order valence-corrected chi connectivity index (χ1v) is 8.73. The van der Waals surface area contributed by atoms with Crippen molar-refractivity contribution in [1.82, 2.24) is 0 Å². The van der Waals surface area contributed by atoms with Gasteiger partial charge in [0, 0.05) is 16.1 Å². The maximum Gasteiger partial charge on any atom is 0.0453 e. The Morgan fingerprint density at radius 3 is 2.10 bits per heavy atom. The highest BCUT2D eigenvalue weighted by Crippen LogP contribution is 2.41. The third-order valence-electron chi connectivity index (χ3n) is 5.10. The molecule has 1 fully saturated rings. The van der Waals surface area contributed by atoms with Gasteiger partial charge >= 0.3 is 0 Å². The summed E-state index contributed by atoms with van der Waals surface area (Å²) in [5.41, 5.74) is 7.88. The van der Waals surface area contributed by atoms with E-state index < -0.39 is 0 Å². The van der Waals surface area contributed by atoms with E-state index in [9.17, 15) is 0 Å². The average molecular weight is 328 g/mol. The normalized spacial score (nSPS) is 24.9. The molecule has 0 bridgehead atoms. The standard InChI is InChI=1S/C18H27Cl2N/c1-18(2,3)13-9-7-12(8-10-13)17(21)11-14-15(19)5-4-6-16(14)20/h4-6,12-13,17H,7-11,21H2,1-3H3. The summed E-state index contributed by atoms with van der Waals surface area (Å²) < 4.78 is 0. The molecule has 2 N–H and O–H groups in total. The molecule has 2 rings (SSSR count). The number of rotatable bonds is 3. The van der Waals surface area contributed by atoms with Gasteiger partial charge in [-0.1, -0.05) is 50.0 Å². The van der Waals surface area contributed by atoms with Crippen LogP contribution >= 0.6 is 23.2 Å². The summed E-state index contributed by atoms with van der Waals surface area (Å²) in [4.78, 5) is 0. The smallest absolute Gasteiger partial charge is 0.0453 e. The SMILES string of the molecule is CC(C)(C)C1CCC(C(N)Cc2c(Cl)cccc2Cl)CC1. The van der Waals surface area contributed by atoms with Crippen molar-refractivity contribution in [3.8, 4) is 0 Å². The molecule has 1 nitrogen and oxygen atoms in total. The lowest BCUT2D eigenvalue weighted by Crippen LogP contribution is -2.37. The molecule has 1 aromatic carbocycles. The van der Waals surface area contributed by atoms with E-state index in [1.54, 1.807) is 0 Å². The molecule has 0 spiro atoms. The van der Waals surface area contributed by atoms with Crippen LogP contribution in [-0.2, 0) is 6.42 Å². The molecule has 0 radical (unpaired) electrons. The minimum atomic E-state index is 0.156. The van der Waals surface area contributed by atoms with E-state index in [0.717, 1.165) is 27.9 Å². The Morgan fingerprint density at radius 2 is 1.62 bits per heavy atom. The number of hydrogen-bond acceptors (Lipinski definition) is 1. The lowest BCUT2D eigenvalue weighted by molar-refractivity contribution is 0.139. The van der Waals surface area contributed by atoms with Crippen LogP contribution in [0.4, 0.5) is 0 Å². The molecule has 1 saturated carbocycles. The van der Waals surface area contributed by atoms with Gasteiger partial charge in [0.2, 0.25) is 0 Å². The first-order valence-electron chi connectivity index (χ1n) is 7.97. The van der Waals surface area contributed by atoms with E-state index in [4.69, 9.17) is 28.9 Å². The fourth-order valence-electron chi connectivity index (χ4n) is 3.54. The van der Waals surface area contributed by atoms with Crippen molar-refractivity contribution in [3.63, 3.8) is 0 Å². The highest BCUT2D eigenvalue weighted by Gasteiger charge is 2.32. The Morgan fingerprint density at radius 1 is 1.10 bits per heavy atom. The van der Waals surface area contributed by atoms with Crippen molar-refractivity contribution in [3.05, 3.63) is 33.8 Å². The zero-order valence-corrected chi connectivity index (χ0v) is 14.8. The lowest BCUT2D eigenvalue weighted by Gasteiger charge is -2.38. The van der Waals surface area contributed by atoms with Gasteiger partial charge in [-0.3, -0.25) is 0 Å². The molecule has 1 aliphatic carbocycles. The minimum Gasteiger partial charge on any atom is -0.327 e. The van der Waals surface area contributed by atoms with Gasteiger partial charge in [0.25, 0.3) is 0 Å². The van der Waals surface area contributed by atoms with Crippen molar-refractivity contribution in [2.24, 2.45) is 23.0 Å². The molecular formula is C18H27Cl2N. The summed E-state index contributed by atoms with van der Waals surface area (Å²) >= 11 is 12.5. The highest BCUT2D eigenvalue weighted by molar-refractivity contribution is 6.36. The Labute approximate surface area is 139 Å². The second kappa shape index (κ2) is 6.89. The predicted molar refractivity (Wildman–Crippen MR) is 93.0 cm³/mol. The summed E-state index contributed by atoms with van der Waals surface area (Å²) in [7, 11) is 0. The van der Waals surface area contributed by atoms with E-state index >= 15 is 0 Å². The van der Waals surface area contributed by atoms with Crippen molar-refractivity contribution >= 4 is 23.2 Å². The Hall–Kier alpha value is -0.240. The molecule has 1 aromatic rings. The maximum absolute atomic E-state index is 6.46. The first-order chi connectivity index (χ1) is 9.79. The molecule has 3 heteroatoms. The number of hydrogen-bond donors (Lipinski definition) is 1. The van der Waals surface area contributed by atoms with Gasteiger partial charge in [0.05, 0.1) is 0 Å². The van der Waals surface area contributed by atoms with Crippen LogP contribution in [0.3, 0.4) is 0 Å².